The van der Waals surface area contributed by atoms with Gasteiger partial charge in [-0.05, 0) is 30.9 Å². The highest BCUT2D eigenvalue weighted by Gasteiger charge is 2.32. The Labute approximate surface area is 97.4 Å². The molecule has 17 heavy (non-hydrogen) atoms. The van der Waals surface area contributed by atoms with Crippen LogP contribution in [0.5, 0.6) is 0 Å². The molecule has 0 amide bonds. The number of nitrogens with one attached hydrogen (secondary N) is 1. The molecule has 1 aromatic heterocycles. The van der Waals surface area contributed by atoms with Crippen LogP contribution in [0.15, 0.2) is 12.1 Å². The van der Waals surface area contributed by atoms with Crippen LogP contribution in [0.4, 0.5) is 19.0 Å². The fourth-order valence-electron chi connectivity index (χ4n) is 2.04. The Hall–Kier alpha value is -1.33. The lowest BCUT2D eigenvalue weighted by molar-refractivity contribution is -0.141. The number of halogens is 3. The summed E-state index contributed by atoms with van der Waals surface area (Å²) in [5.41, 5.74) is -0.955. The molecule has 0 aliphatic heterocycles. The van der Waals surface area contributed by atoms with Gasteiger partial charge in [-0.15, -0.1) is 10.2 Å². The van der Waals surface area contributed by atoms with E-state index < -0.39 is 11.9 Å². The van der Waals surface area contributed by atoms with Crippen LogP contribution < -0.4 is 5.32 Å². The van der Waals surface area contributed by atoms with Crippen molar-refractivity contribution in [2.24, 2.45) is 5.92 Å². The molecule has 0 radical (unpaired) electrons. The number of nitrogens with zero attached hydrogens (tertiary/aromatic N) is 2. The lowest BCUT2D eigenvalue weighted by Crippen LogP contribution is -2.14. The molecule has 0 unspecified atom stereocenters. The summed E-state index contributed by atoms with van der Waals surface area (Å²) < 4.78 is 36.7. The van der Waals surface area contributed by atoms with E-state index in [1.807, 2.05) is 0 Å². The molecular weight excluding hydrogens is 231 g/mol. The smallest absolute Gasteiger partial charge is 0.368 e. The lowest BCUT2D eigenvalue weighted by Gasteiger charge is -2.11. The SMILES string of the molecule is FC(F)(F)c1ccc(NCC2CCCC2)nn1. The van der Waals surface area contributed by atoms with E-state index >= 15 is 0 Å². The van der Waals surface area contributed by atoms with Gasteiger partial charge in [0.05, 0.1) is 0 Å². The monoisotopic (exact) mass is 245 g/mol. The fraction of sp³-hybridized carbons (Fsp3) is 0.636. The van der Waals surface area contributed by atoms with Gasteiger partial charge in [-0.3, -0.25) is 0 Å². The van der Waals surface area contributed by atoms with Gasteiger partial charge in [0.2, 0.25) is 0 Å². The molecule has 1 fully saturated rings. The molecule has 1 aliphatic rings. The summed E-state index contributed by atoms with van der Waals surface area (Å²) in [5.74, 6) is 1.02. The maximum absolute atomic E-state index is 12.2. The third-order valence-electron chi connectivity index (χ3n) is 3.00. The van der Waals surface area contributed by atoms with Gasteiger partial charge in [0.15, 0.2) is 5.69 Å². The lowest BCUT2D eigenvalue weighted by atomic mass is 10.1. The first-order chi connectivity index (χ1) is 8.05. The summed E-state index contributed by atoms with van der Waals surface area (Å²) >= 11 is 0. The van der Waals surface area contributed by atoms with Gasteiger partial charge in [-0.1, -0.05) is 12.8 Å². The Bertz CT molecular complexity index is 355. The predicted molar refractivity (Wildman–Crippen MR) is 57.5 cm³/mol. The maximum atomic E-state index is 12.2. The highest BCUT2D eigenvalue weighted by atomic mass is 19.4. The molecule has 0 saturated heterocycles. The zero-order valence-corrected chi connectivity index (χ0v) is 9.30. The van der Waals surface area contributed by atoms with Crippen molar-refractivity contribution < 1.29 is 13.2 Å². The fourth-order valence-corrected chi connectivity index (χ4v) is 2.04. The van der Waals surface area contributed by atoms with E-state index in [9.17, 15) is 13.2 Å². The Morgan fingerprint density at radius 2 is 1.88 bits per heavy atom. The number of hydrogen-bond acceptors (Lipinski definition) is 3. The largest absolute Gasteiger partial charge is 0.435 e. The minimum Gasteiger partial charge on any atom is -0.368 e. The summed E-state index contributed by atoms with van der Waals surface area (Å²) in [4.78, 5) is 0. The minimum absolute atomic E-state index is 0.407. The van der Waals surface area contributed by atoms with Gasteiger partial charge in [-0.25, -0.2) is 0 Å². The third kappa shape index (κ3) is 3.31. The van der Waals surface area contributed by atoms with Crippen LogP contribution in [-0.2, 0) is 6.18 Å². The number of aromatic nitrogens is 2. The molecule has 1 saturated carbocycles. The average molecular weight is 245 g/mol. The summed E-state index contributed by atoms with van der Waals surface area (Å²) in [6, 6.07) is 2.27. The Morgan fingerprint density at radius 1 is 1.18 bits per heavy atom. The predicted octanol–water partition coefficient (Wildman–Crippen LogP) is 3.10. The second-order valence-electron chi connectivity index (χ2n) is 4.33. The van der Waals surface area contributed by atoms with Crippen LogP contribution in [-0.4, -0.2) is 16.7 Å². The maximum Gasteiger partial charge on any atom is 0.435 e. The third-order valence-corrected chi connectivity index (χ3v) is 3.00. The topological polar surface area (TPSA) is 37.8 Å². The van der Waals surface area contributed by atoms with E-state index in [2.05, 4.69) is 15.5 Å². The van der Waals surface area contributed by atoms with Crippen LogP contribution in [0.1, 0.15) is 31.4 Å². The highest BCUT2D eigenvalue weighted by molar-refractivity contribution is 5.33. The zero-order chi connectivity index (χ0) is 12.3. The Morgan fingerprint density at radius 3 is 2.41 bits per heavy atom. The van der Waals surface area contributed by atoms with E-state index in [1.165, 1.54) is 31.7 Å². The molecule has 3 nitrogen and oxygen atoms in total. The summed E-state index contributed by atoms with van der Waals surface area (Å²) in [6.45, 7) is 0.764. The first kappa shape index (κ1) is 12.1. The molecule has 0 aromatic carbocycles. The average Bonchev–Trinajstić information content (AvgIpc) is 2.78. The van der Waals surface area contributed by atoms with Gasteiger partial charge in [-0.2, -0.15) is 13.2 Å². The van der Waals surface area contributed by atoms with Gasteiger partial charge < -0.3 is 5.32 Å². The van der Waals surface area contributed by atoms with Crippen molar-refractivity contribution in [1.29, 1.82) is 0 Å². The molecule has 1 aliphatic carbocycles. The van der Waals surface area contributed by atoms with Crippen molar-refractivity contribution in [2.45, 2.75) is 31.9 Å². The van der Waals surface area contributed by atoms with Gasteiger partial charge >= 0.3 is 6.18 Å². The molecule has 1 heterocycles. The molecule has 94 valence electrons. The van der Waals surface area contributed by atoms with Gasteiger partial charge in [0.25, 0.3) is 0 Å². The Kier molecular flexibility index (Phi) is 3.49. The van der Waals surface area contributed by atoms with Crippen molar-refractivity contribution in [3.63, 3.8) is 0 Å². The first-order valence-corrected chi connectivity index (χ1v) is 5.70. The summed E-state index contributed by atoms with van der Waals surface area (Å²) in [6.07, 6.45) is 0.426. The van der Waals surface area contributed by atoms with Crippen LogP contribution in [0.25, 0.3) is 0 Å². The van der Waals surface area contributed by atoms with Crippen molar-refractivity contribution >= 4 is 5.82 Å². The van der Waals surface area contributed by atoms with Crippen molar-refractivity contribution in [3.05, 3.63) is 17.8 Å². The van der Waals surface area contributed by atoms with E-state index in [0.29, 0.717) is 11.7 Å². The number of alkyl halides is 3. The molecule has 2 rings (SSSR count). The molecule has 6 heteroatoms. The van der Waals surface area contributed by atoms with Crippen LogP contribution >= 0.6 is 0 Å². The Balaban J connectivity index is 1.89. The van der Waals surface area contributed by atoms with Gasteiger partial charge in [0, 0.05) is 6.54 Å². The minimum atomic E-state index is -4.42. The summed E-state index contributed by atoms with van der Waals surface area (Å²) in [5, 5.41) is 9.71. The van der Waals surface area contributed by atoms with Crippen molar-refractivity contribution in [3.8, 4) is 0 Å². The molecule has 0 atom stereocenters. The second kappa shape index (κ2) is 4.89. The second-order valence-corrected chi connectivity index (χ2v) is 4.33. The summed E-state index contributed by atoms with van der Waals surface area (Å²) in [7, 11) is 0. The quantitative estimate of drug-likeness (QED) is 0.889. The zero-order valence-electron chi connectivity index (χ0n) is 9.30. The number of rotatable bonds is 3. The van der Waals surface area contributed by atoms with E-state index in [4.69, 9.17) is 0 Å². The molecule has 1 N–H and O–H groups in total. The molecule has 0 spiro atoms. The first-order valence-electron chi connectivity index (χ1n) is 5.70. The highest BCUT2D eigenvalue weighted by Crippen LogP contribution is 2.27. The van der Waals surface area contributed by atoms with Crippen molar-refractivity contribution in [2.75, 3.05) is 11.9 Å². The molecule has 1 aromatic rings. The standard InChI is InChI=1S/C11H14F3N3/c12-11(13,14)9-5-6-10(17-16-9)15-7-8-3-1-2-4-8/h5-6,8H,1-4,7H2,(H,15,17). The normalized spacial score (nSPS) is 17.4. The molecular formula is C11H14F3N3. The van der Waals surface area contributed by atoms with Crippen LogP contribution in [0, 0.1) is 5.92 Å². The van der Waals surface area contributed by atoms with Crippen LogP contribution in [0.3, 0.4) is 0 Å². The van der Waals surface area contributed by atoms with Crippen molar-refractivity contribution in [1.82, 2.24) is 10.2 Å². The van der Waals surface area contributed by atoms with E-state index in [1.54, 1.807) is 0 Å². The van der Waals surface area contributed by atoms with Gasteiger partial charge in [0.1, 0.15) is 5.82 Å². The van der Waals surface area contributed by atoms with E-state index in [-0.39, 0.29) is 0 Å². The molecule has 0 bridgehead atoms. The number of hydrogen-bond donors (Lipinski definition) is 1. The number of anilines is 1. The van der Waals surface area contributed by atoms with E-state index in [0.717, 1.165) is 12.6 Å². The van der Waals surface area contributed by atoms with Crippen LogP contribution in [0.2, 0.25) is 0 Å².